The number of nitrogens with zero attached hydrogens (tertiary/aromatic N) is 3. The van der Waals surface area contributed by atoms with Crippen molar-refractivity contribution >= 4 is 34.7 Å². The smallest absolute Gasteiger partial charge is 0.247 e. The van der Waals surface area contributed by atoms with Gasteiger partial charge in [0.15, 0.2) is 5.82 Å². The summed E-state index contributed by atoms with van der Waals surface area (Å²) in [7, 11) is 0. The van der Waals surface area contributed by atoms with Gasteiger partial charge >= 0.3 is 0 Å². The second kappa shape index (κ2) is 11.0. The van der Waals surface area contributed by atoms with Crippen LogP contribution in [0, 0.1) is 30.1 Å². The predicted molar refractivity (Wildman–Crippen MR) is 142 cm³/mol. The molecule has 7 heteroatoms. The maximum atomic E-state index is 12.9. The number of halogens is 1. The van der Waals surface area contributed by atoms with Crippen molar-refractivity contribution in [2.45, 2.75) is 46.1 Å². The monoisotopic (exact) mass is 489 g/mol. The van der Waals surface area contributed by atoms with E-state index in [4.69, 9.17) is 11.6 Å². The van der Waals surface area contributed by atoms with Gasteiger partial charge in [0.25, 0.3) is 0 Å². The number of para-hydroxylation sites is 1. The highest BCUT2D eigenvalue weighted by Crippen LogP contribution is 2.35. The third-order valence-electron chi connectivity index (χ3n) is 7.07. The average Bonchev–Trinajstić information content (AvgIpc) is 2.86. The van der Waals surface area contributed by atoms with Crippen LogP contribution in [0.1, 0.15) is 44.2 Å². The van der Waals surface area contributed by atoms with Crippen LogP contribution in [0.25, 0.3) is 0 Å². The van der Waals surface area contributed by atoms with Gasteiger partial charge in [0, 0.05) is 30.4 Å². The molecule has 4 rings (SSSR count). The molecule has 0 radical (unpaired) electrons. The van der Waals surface area contributed by atoms with Crippen molar-refractivity contribution in [1.29, 1.82) is 5.26 Å². The van der Waals surface area contributed by atoms with Crippen molar-refractivity contribution in [1.82, 2.24) is 10.3 Å². The van der Waals surface area contributed by atoms with Crippen LogP contribution in [0.15, 0.2) is 54.3 Å². The molecule has 2 aromatic rings. The zero-order chi connectivity index (χ0) is 24.9. The third kappa shape index (κ3) is 5.52. The van der Waals surface area contributed by atoms with Gasteiger partial charge in [-0.25, -0.2) is 4.98 Å². The summed E-state index contributed by atoms with van der Waals surface area (Å²) in [5.74, 6) is 0.978. The van der Waals surface area contributed by atoms with E-state index in [0.717, 1.165) is 54.9 Å². The van der Waals surface area contributed by atoms with Gasteiger partial charge in [0.05, 0.1) is 17.4 Å². The highest BCUT2D eigenvalue weighted by molar-refractivity contribution is 6.34. The van der Waals surface area contributed by atoms with E-state index in [9.17, 15) is 10.1 Å². The van der Waals surface area contributed by atoms with E-state index in [-0.39, 0.29) is 23.8 Å². The summed E-state index contributed by atoms with van der Waals surface area (Å²) in [6, 6.07) is 10.2. The summed E-state index contributed by atoms with van der Waals surface area (Å²) < 4.78 is 0. The van der Waals surface area contributed by atoms with Gasteiger partial charge in [0.1, 0.15) is 11.1 Å². The lowest BCUT2D eigenvalue weighted by molar-refractivity contribution is -0.118. The maximum absolute atomic E-state index is 12.9. The predicted octanol–water partition coefficient (Wildman–Crippen LogP) is 5.90. The van der Waals surface area contributed by atoms with E-state index < -0.39 is 0 Å². The number of aromatic nitrogens is 1. The van der Waals surface area contributed by atoms with Crippen molar-refractivity contribution < 1.29 is 4.79 Å². The Balaban J connectivity index is 1.49. The third-order valence-corrected chi connectivity index (χ3v) is 7.44. The van der Waals surface area contributed by atoms with Crippen molar-refractivity contribution in [2.24, 2.45) is 11.8 Å². The van der Waals surface area contributed by atoms with Crippen LogP contribution >= 0.6 is 11.6 Å². The molecule has 0 bridgehead atoms. The second-order valence-corrected chi connectivity index (χ2v) is 9.91. The number of hydrogen-bond donors (Lipinski definition) is 2. The van der Waals surface area contributed by atoms with Crippen molar-refractivity contribution in [3.8, 4) is 6.07 Å². The Labute approximate surface area is 212 Å². The SMILES string of the molecule is Cc1ccccc1Nc1ncc(N2CCCC(C(C)NC(=O)C3=CC=CCC3C)C2)c(C#N)c1Cl. The first-order chi connectivity index (χ1) is 16.9. The fourth-order valence-electron chi connectivity index (χ4n) is 4.84. The topological polar surface area (TPSA) is 81.1 Å². The first kappa shape index (κ1) is 24.8. The van der Waals surface area contributed by atoms with Crippen molar-refractivity contribution in [3.63, 3.8) is 0 Å². The number of rotatable bonds is 6. The molecule has 3 atom stereocenters. The van der Waals surface area contributed by atoms with E-state index in [0.29, 0.717) is 16.4 Å². The molecule has 6 nitrogen and oxygen atoms in total. The van der Waals surface area contributed by atoms with Crippen molar-refractivity contribution in [2.75, 3.05) is 23.3 Å². The first-order valence-electron chi connectivity index (χ1n) is 12.2. The minimum absolute atomic E-state index is 0.0141. The summed E-state index contributed by atoms with van der Waals surface area (Å²) >= 11 is 6.66. The van der Waals surface area contributed by atoms with Gasteiger partial charge in [-0.15, -0.1) is 0 Å². The van der Waals surface area contributed by atoms with Gasteiger partial charge in [-0.2, -0.15) is 5.26 Å². The van der Waals surface area contributed by atoms with Crippen LogP contribution < -0.4 is 15.5 Å². The van der Waals surface area contributed by atoms with Crippen LogP contribution in [-0.2, 0) is 4.79 Å². The Bertz CT molecular complexity index is 1200. The fraction of sp³-hybridized carbons (Fsp3) is 0.393. The van der Waals surface area contributed by atoms with E-state index in [1.165, 1.54) is 0 Å². The number of hydrogen-bond acceptors (Lipinski definition) is 5. The van der Waals surface area contributed by atoms with E-state index in [1.807, 2.05) is 43.3 Å². The molecule has 0 spiro atoms. The molecule has 182 valence electrons. The largest absolute Gasteiger partial charge is 0.369 e. The molecule has 0 saturated carbocycles. The first-order valence-corrected chi connectivity index (χ1v) is 12.6. The maximum Gasteiger partial charge on any atom is 0.247 e. The van der Waals surface area contributed by atoms with E-state index in [2.05, 4.69) is 46.5 Å². The molecule has 2 aliphatic rings. The standard InChI is InChI=1S/C28H32ClN5O/c1-18-9-4-6-12-22(18)28(35)32-20(3)21-11-8-14-34(17-21)25-16-31-27(26(29)23(25)15-30)33-24-13-7-5-10-19(24)2/h4-7,10,12-13,16,18,20-21H,8-9,11,14,17H2,1-3H3,(H,31,33)(H,32,35). The molecule has 1 aromatic carbocycles. The Hall–Kier alpha value is -3.30. The lowest BCUT2D eigenvalue weighted by atomic mass is 9.89. The van der Waals surface area contributed by atoms with Gasteiger partial charge < -0.3 is 15.5 Å². The molecule has 1 aliphatic heterocycles. The van der Waals surface area contributed by atoms with Gasteiger partial charge in [-0.3, -0.25) is 4.79 Å². The number of carbonyl (C=O) groups is 1. The summed E-state index contributed by atoms with van der Waals surface area (Å²) in [5, 5.41) is 16.8. The Morgan fingerprint density at radius 2 is 2.14 bits per heavy atom. The molecule has 3 unspecified atom stereocenters. The molecule has 1 aliphatic carbocycles. The highest BCUT2D eigenvalue weighted by atomic mass is 35.5. The van der Waals surface area contributed by atoms with Crippen LogP contribution in [0.5, 0.6) is 0 Å². The molecule has 2 N–H and O–H groups in total. The molecular formula is C28H32ClN5O. The number of piperidine rings is 1. The Kier molecular flexibility index (Phi) is 7.77. The normalized spacial score (nSPS) is 20.5. The molecule has 2 heterocycles. The quantitative estimate of drug-likeness (QED) is 0.527. The van der Waals surface area contributed by atoms with Crippen LogP contribution in [0.4, 0.5) is 17.2 Å². The van der Waals surface area contributed by atoms with Gasteiger partial charge in [-0.05, 0) is 56.6 Å². The minimum atomic E-state index is 0.0141. The number of pyridine rings is 1. The minimum Gasteiger partial charge on any atom is -0.369 e. The number of anilines is 3. The number of benzene rings is 1. The molecular weight excluding hydrogens is 458 g/mol. The zero-order valence-electron chi connectivity index (χ0n) is 20.5. The zero-order valence-corrected chi connectivity index (χ0v) is 21.3. The summed E-state index contributed by atoms with van der Waals surface area (Å²) in [5.41, 5.74) is 3.97. The number of nitrogens with one attached hydrogen (secondary N) is 2. The number of nitriles is 1. The Morgan fingerprint density at radius 3 is 2.89 bits per heavy atom. The summed E-state index contributed by atoms with van der Waals surface area (Å²) in [6.45, 7) is 7.71. The number of allylic oxidation sites excluding steroid dienone is 3. The van der Waals surface area contributed by atoms with Gasteiger partial charge in [0.2, 0.25) is 5.91 Å². The van der Waals surface area contributed by atoms with E-state index in [1.54, 1.807) is 6.20 Å². The lowest BCUT2D eigenvalue weighted by Crippen LogP contribution is -2.47. The molecule has 35 heavy (non-hydrogen) atoms. The van der Waals surface area contributed by atoms with Crippen LogP contribution in [-0.4, -0.2) is 30.0 Å². The number of amides is 1. The number of aryl methyl sites for hydroxylation is 1. The van der Waals surface area contributed by atoms with E-state index >= 15 is 0 Å². The van der Waals surface area contributed by atoms with Gasteiger partial charge in [-0.1, -0.05) is 55.0 Å². The summed E-state index contributed by atoms with van der Waals surface area (Å²) in [4.78, 5) is 19.6. The molecule has 1 aromatic heterocycles. The second-order valence-electron chi connectivity index (χ2n) is 9.53. The fourth-order valence-corrected chi connectivity index (χ4v) is 5.08. The Morgan fingerprint density at radius 1 is 1.34 bits per heavy atom. The molecule has 1 saturated heterocycles. The lowest BCUT2D eigenvalue weighted by Gasteiger charge is -2.38. The molecule has 1 amide bonds. The van der Waals surface area contributed by atoms with Crippen LogP contribution in [0.2, 0.25) is 5.02 Å². The number of carbonyl (C=O) groups excluding carboxylic acids is 1. The van der Waals surface area contributed by atoms with Crippen LogP contribution in [0.3, 0.4) is 0 Å². The summed E-state index contributed by atoms with van der Waals surface area (Å²) in [6.07, 6.45) is 10.6. The average molecular weight is 490 g/mol. The highest BCUT2D eigenvalue weighted by Gasteiger charge is 2.29. The van der Waals surface area contributed by atoms with Crippen molar-refractivity contribution in [3.05, 3.63) is 70.4 Å². The molecule has 1 fully saturated rings.